The SMILES string of the molecule is C[C@]1(NC(=O)C[NH+]2CCN(c3cccc[nH+]3)CC2)CCS(=O)(=O)C1. The van der Waals surface area contributed by atoms with Crippen LogP contribution in [0.4, 0.5) is 5.82 Å². The molecule has 0 spiro atoms. The molecule has 1 amide bonds. The zero-order valence-electron chi connectivity index (χ0n) is 14.0. The Kier molecular flexibility index (Phi) is 4.78. The predicted octanol–water partition coefficient (Wildman–Crippen LogP) is -2.10. The number of sulfone groups is 1. The van der Waals surface area contributed by atoms with Crippen molar-refractivity contribution in [2.45, 2.75) is 18.9 Å². The van der Waals surface area contributed by atoms with Crippen molar-refractivity contribution in [1.82, 2.24) is 5.32 Å². The van der Waals surface area contributed by atoms with Crippen LogP contribution in [0.5, 0.6) is 0 Å². The first kappa shape index (κ1) is 17.2. The highest BCUT2D eigenvalue weighted by molar-refractivity contribution is 7.91. The van der Waals surface area contributed by atoms with Gasteiger partial charge in [0.1, 0.15) is 26.2 Å². The van der Waals surface area contributed by atoms with Crippen molar-refractivity contribution in [3.63, 3.8) is 0 Å². The lowest BCUT2D eigenvalue weighted by molar-refractivity contribution is -0.892. The molecule has 1 atom stereocenters. The van der Waals surface area contributed by atoms with Crippen LogP contribution in [0.25, 0.3) is 0 Å². The van der Waals surface area contributed by atoms with Gasteiger partial charge in [-0.2, -0.15) is 0 Å². The Morgan fingerprint density at radius 3 is 2.71 bits per heavy atom. The first-order chi connectivity index (χ1) is 11.4. The molecule has 2 aliphatic rings. The maximum Gasteiger partial charge on any atom is 0.275 e. The number of H-pyrrole nitrogens is 1. The second-order valence-corrected chi connectivity index (χ2v) is 9.30. The van der Waals surface area contributed by atoms with E-state index in [0.29, 0.717) is 13.0 Å². The van der Waals surface area contributed by atoms with Gasteiger partial charge >= 0.3 is 0 Å². The van der Waals surface area contributed by atoms with E-state index in [4.69, 9.17) is 0 Å². The van der Waals surface area contributed by atoms with E-state index in [1.807, 2.05) is 25.3 Å². The summed E-state index contributed by atoms with van der Waals surface area (Å²) in [5.41, 5.74) is -0.601. The molecule has 1 aromatic rings. The highest BCUT2D eigenvalue weighted by Crippen LogP contribution is 2.22. The summed E-state index contributed by atoms with van der Waals surface area (Å²) in [5, 5.41) is 2.94. The molecule has 0 saturated carbocycles. The third kappa shape index (κ3) is 4.24. The normalized spacial score (nSPS) is 27.1. The van der Waals surface area contributed by atoms with E-state index in [9.17, 15) is 13.2 Å². The molecule has 2 aliphatic heterocycles. The highest BCUT2D eigenvalue weighted by Gasteiger charge is 2.40. The number of carbonyl (C=O) groups excluding carboxylic acids is 1. The van der Waals surface area contributed by atoms with Gasteiger partial charge in [0.25, 0.3) is 11.7 Å². The number of aromatic nitrogens is 1. The van der Waals surface area contributed by atoms with Crippen LogP contribution in [0.1, 0.15) is 13.3 Å². The Bertz CT molecular complexity index is 687. The quantitative estimate of drug-likeness (QED) is 0.649. The lowest BCUT2D eigenvalue weighted by Crippen LogP contribution is -3.16. The lowest BCUT2D eigenvalue weighted by Gasteiger charge is -2.29. The van der Waals surface area contributed by atoms with Crippen LogP contribution in [0.2, 0.25) is 0 Å². The molecular weight excluding hydrogens is 328 g/mol. The van der Waals surface area contributed by atoms with Crippen LogP contribution in [0.15, 0.2) is 24.4 Å². The number of anilines is 1. The molecule has 3 rings (SSSR count). The molecule has 0 aromatic carbocycles. The van der Waals surface area contributed by atoms with Crippen LogP contribution in [-0.2, 0) is 14.6 Å². The number of piperazine rings is 1. The molecule has 0 unspecified atom stereocenters. The van der Waals surface area contributed by atoms with Crippen LogP contribution in [0.3, 0.4) is 0 Å². The number of aromatic amines is 1. The molecule has 0 bridgehead atoms. The first-order valence-corrected chi connectivity index (χ1v) is 10.2. The Balaban J connectivity index is 1.47. The Hall–Kier alpha value is -1.67. The molecule has 3 N–H and O–H groups in total. The zero-order valence-corrected chi connectivity index (χ0v) is 14.9. The van der Waals surface area contributed by atoms with Gasteiger partial charge in [0.15, 0.2) is 16.4 Å². The smallest absolute Gasteiger partial charge is 0.275 e. The zero-order chi connectivity index (χ0) is 17.2. The summed E-state index contributed by atoms with van der Waals surface area (Å²) in [4.78, 5) is 19.0. The van der Waals surface area contributed by atoms with Gasteiger partial charge in [-0.15, -0.1) is 0 Å². The molecule has 7 nitrogen and oxygen atoms in total. The van der Waals surface area contributed by atoms with Crippen molar-refractivity contribution in [2.75, 3.05) is 49.1 Å². The summed E-state index contributed by atoms with van der Waals surface area (Å²) in [6.45, 7) is 5.82. The lowest BCUT2D eigenvalue weighted by atomic mass is 10.0. The number of carbonyl (C=O) groups is 1. The van der Waals surface area contributed by atoms with Gasteiger partial charge in [-0.1, -0.05) is 6.07 Å². The Morgan fingerprint density at radius 2 is 2.12 bits per heavy atom. The van der Waals surface area contributed by atoms with Gasteiger partial charge in [0.05, 0.1) is 23.2 Å². The molecule has 2 fully saturated rings. The largest absolute Gasteiger partial charge is 0.345 e. The molecule has 2 saturated heterocycles. The minimum Gasteiger partial charge on any atom is -0.345 e. The van der Waals surface area contributed by atoms with Gasteiger partial charge in [-0.3, -0.25) is 9.69 Å². The number of hydrogen-bond acceptors (Lipinski definition) is 4. The second kappa shape index (κ2) is 6.68. The summed E-state index contributed by atoms with van der Waals surface area (Å²) >= 11 is 0. The van der Waals surface area contributed by atoms with Gasteiger partial charge < -0.3 is 10.2 Å². The maximum absolute atomic E-state index is 12.3. The van der Waals surface area contributed by atoms with Gasteiger partial charge in [-0.05, 0) is 19.4 Å². The fourth-order valence-electron chi connectivity index (χ4n) is 3.54. The number of hydrogen-bond donors (Lipinski definition) is 2. The van der Waals surface area contributed by atoms with Crippen molar-refractivity contribution >= 4 is 21.6 Å². The van der Waals surface area contributed by atoms with E-state index in [0.717, 1.165) is 32.0 Å². The topological polar surface area (TPSA) is 85.1 Å². The van der Waals surface area contributed by atoms with Crippen molar-refractivity contribution in [1.29, 1.82) is 0 Å². The second-order valence-electron chi connectivity index (χ2n) is 7.11. The number of amides is 1. The number of rotatable bonds is 4. The summed E-state index contributed by atoms with van der Waals surface area (Å²) < 4.78 is 23.2. The van der Waals surface area contributed by atoms with Crippen molar-refractivity contribution in [3.8, 4) is 0 Å². The van der Waals surface area contributed by atoms with Crippen molar-refractivity contribution < 1.29 is 23.1 Å². The average Bonchev–Trinajstić information content (AvgIpc) is 2.82. The van der Waals surface area contributed by atoms with E-state index < -0.39 is 15.4 Å². The minimum absolute atomic E-state index is 0.0516. The number of nitrogens with zero attached hydrogens (tertiary/aromatic N) is 1. The standard InChI is InChI=1S/C16H24N4O3S/c1-16(5-11-24(22,23)13-16)18-15(21)12-19-7-9-20(10-8-19)14-4-2-3-6-17-14/h2-4,6H,5,7-13H2,1H3,(H,18,21)/p+2/t16-/m0/s1. The van der Waals surface area contributed by atoms with E-state index in [-0.39, 0.29) is 17.4 Å². The Morgan fingerprint density at radius 1 is 1.38 bits per heavy atom. The van der Waals surface area contributed by atoms with Crippen LogP contribution < -0.4 is 20.1 Å². The molecule has 24 heavy (non-hydrogen) atoms. The van der Waals surface area contributed by atoms with E-state index in [1.165, 1.54) is 4.90 Å². The van der Waals surface area contributed by atoms with Crippen molar-refractivity contribution in [3.05, 3.63) is 24.4 Å². The molecule has 1 aromatic heterocycles. The molecule has 132 valence electrons. The third-order valence-electron chi connectivity index (χ3n) is 4.86. The summed E-state index contributed by atoms with van der Waals surface area (Å²) in [7, 11) is -3.00. The molecular formula is C16H26N4O3S+2. The van der Waals surface area contributed by atoms with Gasteiger partial charge in [-0.25, -0.2) is 13.4 Å². The van der Waals surface area contributed by atoms with Crippen LogP contribution in [-0.4, -0.2) is 64.1 Å². The number of pyridine rings is 1. The van der Waals surface area contributed by atoms with E-state index >= 15 is 0 Å². The fraction of sp³-hybridized carbons (Fsp3) is 0.625. The fourth-order valence-corrected chi connectivity index (χ4v) is 5.63. The minimum atomic E-state index is -3.00. The molecule has 8 heteroatoms. The van der Waals surface area contributed by atoms with E-state index in [2.05, 4.69) is 21.3 Å². The molecule has 0 aliphatic carbocycles. The highest BCUT2D eigenvalue weighted by atomic mass is 32.2. The summed E-state index contributed by atoms with van der Waals surface area (Å²) in [5.74, 6) is 1.27. The summed E-state index contributed by atoms with van der Waals surface area (Å²) in [6.07, 6.45) is 2.42. The van der Waals surface area contributed by atoms with Crippen molar-refractivity contribution in [2.24, 2.45) is 0 Å². The first-order valence-electron chi connectivity index (χ1n) is 8.42. The number of nitrogens with one attached hydrogen (secondary N) is 3. The molecule has 3 heterocycles. The average molecular weight is 354 g/mol. The monoisotopic (exact) mass is 354 g/mol. The number of quaternary nitrogens is 1. The Labute approximate surface area is 143 Å². The van der Waals surface area contributed by atoms with E-state index in [1.54, 1.807) is 0 Å². The third-order valence-corrected chi connectivity index (χ3v) is 6.76. The summed E-state index contributed by atoms with van der Waals surface area (Å²) in [6, 6.07) is 6.02. The predicted molar refractivity (Wildman–Crippen MR) is 90.6 cm³/mol. The molecule has 0 radical (unpaired) electrons. The van der Waals surface area contributed by atoms with Gasteiger partial charge in [0.2, 0.25) is 0 Å². The van der Waals surface area contributed by atoms with Crippen LogP contribution in [0, 0.1) is 0 Å². The maximum atomic E-state index is 12.3. The van der Waals surface area contributed by atoms with Gasteiger partial charge in [0, 0.05) is 6.07 Å². The van der Waals surface area contributed by atoms with Crippen LogP contribution >= 0.6 is 0 Å².